The van der Waals surface area contributed by atoms with Crippen LogP contribution in [0, 0.1) is 5.41 Å². The Bertz CT molecular complexity index is 267. The average Bonchev–Trinajstić information content (AvgIpc) is 2.28. The fraction of sp³-hybridized carbons (Fsp3) is 1.00. The lowest BCUT2D eigenvalue weighted by Crippen LogP contribution is -2.62. The molecule has 0 radical (unpaired) electrons. The largest absolute Gasteiger partial charge is 0.329 e. The molecule has 0 amide bonds. The summed E-state index contributed by atoms with van der Waals surface area (Å²) in [5.41, 5.74) is 6.97. The van der Waals surface area contributed by atoms with E-state index in [0.717, 1.165) is 6.54 Å². The van der Waals surface area contributed by atoms with Gasteiger partial charge in [0.2, 0.25) is 0 Å². The summed E-state index contributed by atoms with van der Waals surface area (Å²) in [6, 6.07) is 0.700. The number of nitrogens with zero attached hydrogens (tertiary/aromatic N) is 1. The third-order valence-corrected chi connectivity index (χ3v) is 5.85. The minimum Gasteiger partial charge on any atom is -0.329 e. The van der Waals surface area contributed by atoms with Crippen LogP contribution in [0.25, 0.3) is 0 Å². The molecule has 2 atom stereocenters. The van der Waals surface area contributed by atoms with E-state index in [1.807, 2.05) is 0 Å². The summed E-state index contributed by atoms with van der Waals surface area (Å²) in [6.45, 7) is 9.29. The number of thioether (sulfide) groups is 1. The molecule has 1 saturated carbocycles. The Morgan fingerprint density at radius 3 is 2.71 bits per heavy atom. The molecule has 2 aliphatic rings. The van der Waals surface area contributed by atoms with Gasteiger partial charge in [-0.3, -0.25) is 4.90 Å². The molecule has 2 rings (SSSR count). The van der Waals surface area contributed by atoms with Gasteiger partial charge in [-0.25, -0.2) is 0 Å². The van der Waals surface area contributed by atoms with Crippen LogP contribution in [0.1, 0.15) is 46.5 Å². The predicted octanol–water partition coefficient (Wildman–Crippen LogP) is 2.72. The van der Waals surface area contributed by atoms with Crippen LogP contribution in [0.4, 0.5) is 0 Å². The van der Waals surface area contributed by atoms with Gasteiger partial charge in [-0.1, -0.05) is 20.3 Å². The number of nitrogens with two attached hydrogens (primary N) is 1. The topological polar surface area (TPSA) is 29.3 Å². The molecular weight excluding hydrogens is 228 g/mol. The van der Waals surface area contributed by atoms with Gasteiger partial charge >= 0.3 is 0 Å². The molecule has 1 saturated heterocycles. The molecular formula is C14H28N2S. The first kappa shape index (κ1) is 13.7. The van der Waals surface area contributed by atoms with Gasteiger partial charge in [0.25, 0.3) is 0 Å². The van der Waals surface area contributed by atoms with Gasteiger partial charge in [-0.15, -0.1) is 0 Å². The van der Waals surface area contributed by atoms with Crippen molar-refractivity contribution in [2.24, 2.45) is 11.1 Å². The van der Waals surface area contributed by atoms with E-state index in [4.69, 9.17) is 5.73 Å². The highest BCUT2D eigenvalue weighted by molar-refractivity contribution is 7.99. The first-order chi connectivity index (χ1) is 7.99. The minimum atomic E-state index is 0.294. The zero-order valence-electron chi connectivity index (χ0n) is 11.7. The highest BCUT2D eigenvalue weighted by Gasteiger charge is 2.45. The van der Waals surface area contributed by atoms with Crippen molar-refractivity contribution in [3.05, 3.63) is 0 Å². The van der Waals surface area contributed by atoms with Gasteiger partial charge in [0, 0.05) is 36.2 Å². The van der Waals surface area contributed by atoms with Gasteiger partial charge in [0.15, 0.2) is 0 Å². The lowest BCUT2D eigenvalue weighted by Gasteiger charge is -2.54. The van der Waals surface area contributed by atoms with Gasteiger partial charge in [-0.2, -0.15) is 11.8 Å². The van der Waals surface area contributed by atoms with Crippen LogP contribution in [0.15, 0.2) is 0 Å². The van der Waals surface area contributed by atoms with Crippen LogP contribution in [0.5, 0.6) is 0 Å². The standard InChI is InChI=1S/C14H28N2S/c1-12-9-17-8-7-16(12)14(11-15)6-4-5-13(2,3)10-14/h12H,4-11,15H2,1-3H3. The molecule has 1 aliphatic carbocycles. The van der Waals surface area contributed by atoms with Gasteiger partial charge < -0.3 is 5.73 Å². The third-order valence-electron chi connectivity index (χ3n) is 4.66. The molecule has 2 unspecified atom stereocenters. The van der Waals surface area contributed by atoms with Crippen molar-refractivity contribution in [3.63, 3.8) is 0 Å². The molecule has 17 heavy (non-hydrogen) atoms. The molecule has 1 aliphatic heterocycles. The zero-order chi connectivity index (χ0) is 12.5. The van der Waals surface area contributed by atoms with Crippen molar-refractivity contribution in [1.29, 1.82) is 0 Å². The monoisotopic (exact) mass is 256 g/mol. The van der Waals surface area contributed by atoms with E-state index in [9.17, 15) is 0 Å². The summed E-state index contributed by atoms with van der Waals surface area (Å²) < 4.78 is 0. The van der Waals surface area contributed by atoms with Crippen LogP contribution in [0.2, 0.25) is 0 Å². The number of hydrogen-bond donors (Lipinski definition) is 1. The van der Waals surface area contributed by atoms with Crippen molar-refractivity contribution in [1.82, 2.24) is 4.90 Å². The smallest absolute Gasteiger partial charge is 0.0340 e. The van der Waals surface area contributed by atoms with Crippen molar-refractivity contribution in [3.8, 4) is 0 Å². The molecule has 2 N–H and O–H groups in total. The Hall–Kier alpha value is 0.270. The summed E-state index contributed by atoms with van der Waals surface area (Å²) in [5.74, 6) is 2.56. The third kappa shape index (κ3) is 2.82. The average molecular weight is 256 g/mol. The second-order valence-corrected chi connectivity index (χ2v) is 7.89. The summed E-state index contributed by atoms with van der Waals surface area (Å²) in [5, 5.41) is 0. The summed E-state index contributed by atoms with van der Waals surface area (Å²) >= 11 is 2.10. The Morgan fingerprint density at radius 2 is 2.12 bits per heavy atom. The minimum absolute atomic E-state index is 0.294. The Morgan fingerprint density at radius 1 is 1.35 bits per heavy atom. The number of rotatable bonds is 2. The maximum Gasteiger partial charge on any atom is 0.0340 e. The second kappa shape index (κ2) is 5.10. The normalized spacial score (nSPS) is 39.2. The summed E-state index contributed by atoms with van der Waals surface area (Å²) in [7, 11) is 0. The lowest BCUT2D eigenvalue weighted by atomic mass is 9.67. The van der Waals surface area contributed by atoms with Gasteiger partial charge in [0.1, 0.15) is 0 Å². The van der Waals surface area contributed by atoms with Crippen molar-refractivity contribution in [2.75, 3.05) is 24.6 Å². The van der Waals surface area contributed by atoms with Crippen LogP contribution < -0.4 is 5.73 Å². The highest BCUT2D eigenvalue weighted by atomic mass is 32.2. The Kier molecular flexibility index (Phi) is 4.11. The lowest BCUT2D eigenvalue weighted by molar-refractivity contribution is -0.00654. The number of hydrogen-bond acceptors (Lipinski definition) is 3. The molecule has 0 aromatic heterocycles. The van der Waals surface area contributed by atoms with Gasteiger partial charge in [0.05, 0.1) is 0 Å². The molecule has 0 bridgehead atoms. The van der Waals surface area contributed by atoms with E-state index >= 15 is 0 Å². The highest BCUT2D eigenvalue weighted by Crippen LogP contribution is 2.45. The van der Waals surface area contributed by atoms with E-state index in [0.29, 0.717) is 17.0 Å². The van der Waals surface area contributed by atoms with Gasteiger partial charge in [-0.05, 0) is 31.6 Å². The summed E-state index contributed by atoms with van der Waals surface area (Å²) in [4.78, 5) is 2.74. The zero-order valence-corrected chi connectivity index (χ0v) is 12.5. The fourth-order valence-electron chi connectivity index (χ4n) is 3.93. The summed E-state index contributed by atoms with van der Waals surface area (Å²) in [6.07, 6.45) is 5.31. The van der Waals surface area contributed by atoms with Crippen LogP contribution in [-0.2, 0) is 0 Å². The van der Waals surface area contributed by atoms with E-state index < -0.39 is 0 Å². The molecule has 2 fully saturated rings. The molecule has 0 aromatic carbocycles. The van der Waals surface area contributed by atoms with Crippen LogP contribution in [-0.4, -0.2) is 41.1 Å². The quantitative estimate of drug-likeness (QED) is 0.824. The predicted molar refractivity (Wildman–Crippen MR) is 77.5 cm³/mol. The molecule has 1 heterocycles. The SMILES string of the molecule is CC1CSCCN1C1(CN)CCCC(C)(C)C1. The van der Waals surface area contributed by atoms with E-state index in [2.05, 4.69) is 37.4 Å². The van der Waals surface area contributed by atoms with E-state index in [-0.39, 0.29) is 0 Å². The maximum atomic E-state index is 6.20. The Balaban J connectivity index is 2.17. The molecule has 3 heteroatoms. The molecule has 0 aromatic rings. The fourth-order valence-corrected chi connectivity index (χ4v) is 4.95. The molecule has 0 spiro atoms. The van der Waals surface area contributed by atoms with Crippen molar-refractivity contribution < 1.29 is 0 Å². The van der Waals surface area contributed by atoms with Crippen molar-refractivity contribution >= 4 is 11.8 Å². The first-order valence-electron chi connectivity index (χ1n) is 7.04. The molecule has 2 nitrogen and oxygen atoms in total. The van der Waals surface area contributed by atoms with E-state index in [1.54, 1.807) is 0 Å². The molecule has 100 valence electrons. The van der Waals surface area contributed by atoms with E-state index in [1.165, 1.54) is 43.7 Å². The van der Waals surface area contributed by atoms with Crippen molar-refractivity contribution in [2.45, 2.75) is 58.0 Å². The first-order valence-corrected chi connectivity index (χ1v) is 8.19. The van der Waals surface area contributed by atoms with Crippen LogP contribution in [0.3, 0.4) is 0 Å². The Labute approximate surface area is 111 Å². The second-order valence-electron chi connectivity index (χ2n) is 6.74. The maximum absolute atomic E-state index is 6.20. The van der Waals surface area contributed by atoms with Crippen LogP contribution >= 0.6 is 11.8 Å².